The number of ether oxygens (including phenoxy) is 1. The Morgan fingerprint density at radius 3 is 2.79 bits per heavy atom. The van der Waals surface area contributed by atoms with E-state index in [1.54, 1.807) is 6.07 Å². The molecule has 0 saturated heterocycles. The lowest BCUT2D eigenvalue weighted by atomic mass is 10.0. The van der Waals surface area contributed by atoms with E-state index in [0.29, 0.717) is 5.56 Å². The van der Waals surface area contributed by atoms with E-state index in [4.69, 9.17) is 16.3 Å². The van der Waals surface area contributed by atoms with Crippen molar-refractivity contribution >= 4 is 23.7 Å². The first-order chi connectivity index (χ1) is 11.4. The number of phenolic OH excluding ortho intramolecular Hbond substituents is 1. The van der Waals surface area contributed by atoms with Gasteiger partial charge in [0.05, 0.1) is 24.8 Å². The number of aromatic hydroxyl groups is 1. The van der Waals surface area contributed by atoms with Gasteiger partial charge in [0.15, 0.2) is 11.5 Å². The Kier molecular flexibility index (Phi) is 5.82. The quantitative estimate of drug-likeness (QED) is 0.644. The van der Waals surface area contributed by atoms with Crippen LogP contribution in [0.5, 0.6) is 11.5 Å². The number of phenols is 1. The molecule has 126 valence electrons. The number of methoxy groups -OCH3 is 1. The van der Waals surface area contributed by atoms with Crippen molar-refractivity contribution < 1.29 is 14.6 Å². The fourth-order valence-electron chi connectivity index (χ4n) is 2.21. The minimum Gasteiger partial charge on any atom is -0.503 e. The molecule has 24 heavy (non-hydrogen) atoms. The summed E-state index contributed by atoms with van der Waals surface area (Å²) in [5.41, 5.74) is 6.22. The van der Waals surface area contributed by atoms with Crippen molar-refractivity contribution in [3.8, 4) is 11.5 Å². The van der Waals surface area contributed by atoms with Crippen LogP contribution in [0.15, 0.2) is 35.4 Å². The van der Waals surface area contributed by atoms with Gasteiger partial charge >= 0.3 is 0 Å². The Hall–Kier alpha value is -2.53. The zero-order valence-electron chi connectivity index (χ0n) is 13.8. The topological polar surface area (TPSA) is 70.9 Å². The minimum atomic E-state index is -0.211. The third kappa shape index (κ3) is 4.49. The smallest absolute Gasteiger partial charge is 0.244 e. The fraction of sp³-hybridized carbons (Fsp3) is 0.222. The molecule has 0 aromatic heterocycles. The number of rotatable bonds is 5. The monoisotopic (exact) mass is 346 g/mol. The summed E-state index contributed by atoms with van der Waals surface area (Å²) in [5, 5.41) is 13.7. The molecule has 0 unspecified atom stereocenters. The lowest BCUT2D eigenvalue weighted by Gasteiger charge is -2.07. The van der Waals surface area contributed by atoms with Crippen LogP contribution in [-0.4, -0.2) is 24.3 Å². The molecule has 0 aliphatic heterocycles. The van der Waals surface area contributed by atoms with Crippen molar-refractivity contribution in [1.82, 2.24) is 5.43 Å². The molecule has 0 aliphatic carbocycles. The number of benzene rings is 2. The molecule has 0 saturated carbocycles. The molecule has 0 radical (unpaired) electrons. The summed E-state index contributed by atoms with van der Waals surface area (Å²) in [6.45, 7) is 3.96. The predicted octanol–water partition coefficient (Wildman–Crippen LogP) is 3.36. The van der Waals surface area contributed by atoms with Crippen LogP contribution in [0.4, 0.5) is 0 Å². The van der Waals surface area contributed by atoms with Crippen molar-refractivity contribution in [2.75, 3.05) is 7.11 Å². The summed E-state index contributed by atoms with van der Waals surface area (Å²) in [6.07, 6.45) is 1.69. The van der Waals surface area contributed by atoms with Crippen LogP contribution >= 0.6 is 11.6 Å². The van der Waals surface area contributed by atoms with E-state index in [9.17, 15) is 9.90 Å². The average molecular weight is 347 g/mol. The number of hydrogen-bond donors (Lipinski definition) is 2. The van der Waals surface area contributed by atoms with Crippen molar-refractivity contribution in [2.45, 2.75) is 20.3 Å². The summed E-state index contributed by atoms with van der Waals surface area (Å²) < 4.78 is 5.01. The third-order valence-corrected chi connectivity index (χ3v) is 3.82. The van der Waals surface area contributed by atoms with Crippen molar-refractivity contribution in [1.29, 1.82) is 0 Å². The SMILES string of the molecule is COc1cc(/C=N/NC(=O)Cc2cc(C)ccc2C)cc(Cl)c1O. The van der Waals surface area contributed by atoms with Crippen LogP contribution in [0, 0.1) is 13.8 Å². The van der Waals surface area contributed by atoms with Gasteiger partial charge in [0.1, 0.15) is 0 Å². The summed E-state index contributed by atoms with van der Waals surface area (Å²) >= 11 is 5.90. The molecule has 0 bridgehead atoms. The lowest BCUT2D eigenvalue weighted by molar-refractivity contribution is -0.120. The lowest BCUT2D eigenvalue weighted by Crippen LogP contribution is -2.20. The number of carbonyl (C=O) groups is 1. The molecule has 2 aromatic carbocycles. The van der Waals surface area contributed by atoms with E-state index in [1.165, 1.54) is 19.4 Å². The number of nitrogens with one attached hydrogen (secondary N) is 1. The zero-order valence-corrected chi connectivity index (χ0v) is 14.5. The van der Waals surface area contributed by atoms with E-state index in [1.807, 2.05) is 32.0 Å². The molecule has 6 heteroatoms. The summed E-state index contributed by atoms with van der Waals surface area (Å²) in [6, 6.07) is 9.09. The van der Waals surface area contributed by atoms with Gasteiger partial charge in [0.25, 0.3) is 0 Å². The van der Waals surface area contributed by atoms with Gasteiger partial charge < -0.3 is 9.84 Å². The Balaban J connectivity index is 2.02. The maximum absolute atomic E-state index is 12.0. The van der Waals surface area contributed by atoms with E-state index in [0.717, 1.165) is 16.7 Å². The van der Waals surface area contributed by atoms with Crippen molar-refractivity contribution in [3.05, 3.63) is 57.6 Å². The first-order valence-electron chi connectivity index (χ1n) is 7.35. The van der Waals surface area contributed by atoms with Crippen LogP contribution in [0.3, 0.4) is 0 Å². The van der Waals surface area contributed by atoms with Gasteiger partial charge in [-0.2, -0.15) is 5.10 Å². The highest BCUT2D eigenvalue weighted by atomic mass is 35.5. The largest absolute Gasteiger partial charge is 0.503 e. The molecule has 0 fully saturated rings. The van der Waals surface area contributed by atoms with Crippen LogP contribution in [0.25, 0.3) is 0 Å². The molecule has 0 aliphatic rings. The Labute approximate surface area is 145 Å². The van der Waals surface area contributed by atoms with E-state index in [-0.39, 0.29) is 28.8 Å². The number of hydrogen-bond acceptors (Lipinski definition) is 4. The minimum absolute atomic E-state index is 0.129. The van der Waals surface area contributed by atoms with Gasteiger partial charge in [0.2, 0.25) is 5.91 Å². The summed E-state index contributed by atoms with van der Waals surface area (Å²) in [5.74, 6) is -0.0993. The zero-order chi connectivity index (χ0) is 17.7. The molecule has 0 heterocycles. The van der Waals surface area contributed by atoms with Gasteiger partial charge in [0, 0.05) is 0 Å². The van der Waals surface area contributed by atoms with Gasteiger partial charge in [-0.05, 0) is 42.7 Å². The number of amides is 1. The number of hydrazone groups is 1. The first-order valence-corrected chi connectivity index (χ1v) is 7.73. The molecular formula is C18H19ClN2O3. The van der Waals surface area contributed by atoms with E-state index in [2.05, 4.69) is 10.5 Å². The van der Waals surface area contributed by atoms with Gasteiger partial charge in [-0.1, -0.05) is 35.4 Å². The Morgan fingerprint density at radius 2 is 2.08 bits per heavy atom. The maximum Gasteiger partial charge on any atom is 0.244 e. The van der Waals surface area contributed by atoms with Gasteiger partial charge in [-0.3, -0.25) is 4.79 Å². The first kappa shape index (κ1) is 17.8. The normalized spacial score (nSPS) is 10.8. The molecule has 0 atom stereocenters. The average Bonchev–Trinajstić information content (AvgIpc) is 2.54. The van der Waals surface area contributed by atoms with Gasteiger partial charge in [-0.15, -0.1) is 0 Å². The molecule has 2 aromatic rings. The molecule has 2 N–H and O–H groups in total. The third-order valence-electron chi connectivity index (χ3n) is 3.53. The predicted molar refractivity (Wildman–Crippen MR) is 95.0 cm³/mol. The Bertz CT molecular complexity index is 788. The van der Waals surface area contributed by atoms with Crippen molar-refractivity contribution in [2.24, 2.45) is 5.10 Å². The van der Waals surface area contributed by atoms with E-state index < -0.39 is 0 Å². The van der Waals surface area contributed by atoms with Gasteiger partial charge in [-0.25, -0.2) is 5.43 Å². The highest BCUT2D eigenvalue weighted by Crippen LogP contribution is 2.34. The molecule has 2 rings (SSSR count). The number of halogens is 1. The second-order valence-corrected chi connectivity index (χ2v) is 5.86. The maximum atomic E-state index is 12.0. The van der Waals surface area contributed by atoms with Crippen LogP contribution in [0.2, 0.25) is 5.02 Å². The molecule has 5 nitrogen and oxygen atoms in total. The standard InChI is InChI=1S/C18H19ClN2O3/c1-11-4-5-12(2)14(6-11)9-17(22)21-20-10-13-7-15(19)18(23)16(8-13)24-3/h4-8,10,23H,9H2,1-3H3,(H,21,22)/b20-10+. The Morgan fingerprint density at radius 1 is 1.33 bits per heavy atom. The molecular weight excluding hydrogens is 328 g/mol. The number of carbonyl (C=O) groups excluding carboxylic acids is 1. The highest BCUT2D eigenvalue weighted by molar-refractivity contribution is 6.32. The summed E-state index contributed by atoms with van der Waals surface area (Å²) in [7, 11) is 1.43. The molecule has 0 spiro atoms. The van der Waals surface area contributed by atoms with Crippen LogP contribution in [-0.2, 0) is 11.2 Å². The number of aryl methyl sites for hydroxylation is 2. The van der Waals surface area contributed by atoms with Crippen molar-refractivity contribution in [3.63, 3.8) is 0 Å². The van der Waals surface area contributed by atoms with E-state index >= 15 is 0 Å². The van der Waals surface area contributed by atoms with Crippen LogP contribution < -0.4 is 10.2 Å². The second-order valence-electron chi connectivity index (χ2n) is 5.45. The highest BCUT2D eigenvalue weighted by Gasteiger charge is 2.08. The van der Waals surface area contributed by atoms with Crippen LogP contribution in [0.1, 0.15) is 22.3 Å². The fourth-order valence-corrected chi connectivity index (χ4v) is 2.43. The molecule has 1 amide bonds. The number of nitrogens with zero attached hydrogens (tertiary/aromatic N) is 1. The summed E-state index contributed by atoms with van der Waals surface area (Å²) in [4.78, 5) is 12.0. The second kappa shape index (κ2) is 7.84.